The molecule has 0 aliphatic carbocycles. The van der Waals surface area contributed by atoms with Crippen LogP contribution >= 0.6 is 0 Å². The highest BCUT2D eigenvalue weighted by molar-refractivity contribution is 6.46. The molecule has 2 unspecified atom stereocenters. The first-order chi connectivity index (χ1) is 19.9. The van der Waals surface area contributed by atoms with Crippen molar-refractivity contribution in [1.29, 1.82) is 0 Å². The molecule has 2 N–H and O–H groups in total. The number of rotatable bonds is 12. The van der Waals surface area contributed by atoms with Crippen LogP contribution in [-0.4, -0.2) is 52.5 Å². The van der Waals surface area contributed by atoms with Crippen LogP contribution < -0.4 is 18.8 Å². The number of ketones is 1. The van der Waals surface area contributed by atoms with Gasteiger partial charge in [0.15, 0.2) is 11.5 Å². The Kier molecular flexibility index (Phi) is 8.61. The standard InChI is InChI=1S/C32H37N3O6/c1-4-6-16-40-26-11-8-22(19-27(26)39-5-2)29-28(30(36)23-9-10-25-24(18-23)17-21(3)41-25)31(37)32(38)35(29)14-7-13-34-15-12-33-20-34/h8-12,15,18-21,29H,4-7,13-14,16-17H2,1-3H3,(H,36,37)/p+1. The lowest BCUT2D eigenvalue weighted by Crippen LogP contribution is -2.36. The van der Waals surface area contributed by atoms with Gasteiger partial charge in [-0.15, -0.1) is 0 Å². The van der Waals surface area contributed by atoms with Crippen LogP contribution in [0.1, 0.15) is 62.8 Å². The summed E-state index contributed by atoms with van der Waals surface area (Å²) in [4.78, 5) is 31.6. The van der Waals surface area contributed by atoms with Gasteiger partial charge in [0.25, 0.3) is 11.7 Å². The highest BCUT2D eigenvalue weighted by atomic mass is 16.5. The van der Waals surface area contributed by atoms with Gasteiger partial charge < -0.3 is 24.2 Å². The number of aromatic nitrogens is 2. The predicted octanol–water partition coefficient (Wildman–Crippen LogP) is 4.72. The number of hydrogen-bond acceptors (Lipinski definition) is 6. The van der Waals surface area contributed by atoms with E-state index in [1.165, 1.54) is 0 Å². The highest BCUT2D eigenvalue weighted by Crippen LogP contribution is 2.43. The van der Waals surface area contributed by atoms with Crippen LogP contribution in [-0.2, 0) is 22.6 Å². The number of imidazole rings is 1. The van der Waals surface area contributed by atoms with Gasteiger partial charge in [0.2, 0.25) is 6.33 Å². The van der Waals surface area contributed by atoms with Crippen molar-refractivity contribution in [2.75, 3.05) is 19.8 Å². The average molecular weight is 561 g/mol. The number of ether oxygens (including phenoxy) is 3. The number of likely N-dealkylation sites (tertiary alicyclic amines) is 1. The lowest BCUT2D eigenvalue weighted by molar-refractivity contribution is -0.695. The molecule has 41 heavy (non-hydrogen) atoms. The fourth-order valence-corrected chi connectivity index (χ4v) is 5.47. The minimum Gasteiger partial charge on any atom is -0.507 e. The first-order valence-corrected chi connectivity index (χ1v) is 14.4. The number of aliphatic hydroxyl groups excluding tert-OH is 1. The maximum Gasteiger partial charge on any atom is 0.295 e. The molecule has 3 aromatic rings. The zero-order chi connectivity index (χ0) is 28.9. The van der Waals surface area contributed by atoms with Crippen molar-refractivity contribution in [1.82, 2.24) is 9.88 Å². The number of carbonyl (C=O) groups excluding carboxylic acids is 2. The number of aliphatic hydroxyl groups is 1. The highest BCUT2D eigenvalue weighted by Gasteiger charge is 2.46. The number of aromatic amines is 1. The van der Waals surface area contributed by atoms with E-state index in [1.807, 2.05) is 67.5 Å². The minimum atomic E-state index is -0.779. The smallest absolute Gasteiger partial charge is 0.295 e. The van der Waals surface area contributed by atoms with Crippen molar-refractivity contribution in [3.05, 3.63) is 77.4 Å². The average Bonchev–Trinajstić information content (AvgIpc) is 3.68. The third-order valence-electron chi connectivity index (χ3n) is 7.47. The first-order valence-electron chi connectivity index (χ1n) is 14.4. The molecule has 2 aromatic carbocycles. The van der Waals surface area contributed by atoms with E-state index in [0.717, 1.165) is 24.2 Å². The summed E-state index contributed by atoms with van der Waals surface area (Å²) in [5.74, 6) is 0.395. The summed E-state index contributed by atoms with van der Waals surface area (Å²) in [5, 5.41) is 11.6. The van der Waals surface area contributed by atoms with Crippen molar-refractivity contribution < 1.29 is 33.5 Å². The molecule has 1 amide bonds. The van der Waals surface area contributed by atoms with Crippen LogP contribution in [0.4, 0.5) is 0 Å². The Balaban J connectivity index is 1.54. The SMILES string of the molecule is CCCCOc1ccc(C2C(=C(O)c3ccc4c(c3)CC(C)O4)C(=O)C(=O)N2CCC[n+]2cc[nH]c2)cc1OCC. The van der Waals surface area contributed by atoms with E-state index in [0.29, 0.717) is 61.8 Å². The molecule has 5 rings (SSSR count). The lowest BCUT2D eigenvalue weighted by atomic mass is 9.94. The zero-order valence-corrected chi connectivity index (χ0v) is 23.9. The van der Waals surface area contributed by atoms with Crippen LogP contribution in [0.5, 0.6) is 17.2 Å². The number of nitrogens with one attached hydrogen (secondary N) is 1. The van der Waals surface area contributed by atoms with Crippen molar-refractivity contribution in [2.45, 2.75) is 65.1 Å². The Morgan fingerprint density at radius 2 is 1.98 bits per heavy atom. The summed E-state index contributed by atoms with van der Waals surface area (Å²) in [7, 11) is 0. The van der Waals surface area contributed by atoms with Gasteiger partial charge >= 0.3 is 0 Å². The third kappa shape index (κ3) is 5.94. The van der Waals surface area contributed by atoms with E-state index in [-0.39, 0.29) is 17.4 Å². The molecule has 1 fully saturated rings. The zero-order valence-electron chi connectivity index (χ0n) is 23.9. The van der Waals surface area contributed by atoms with E-state index in [9.17, 15) is 14.7 Å². The van der Waals surface area contributed by atoms with E-state index < -0.39 is 17.7 Å². The molecule has 1 aromatic heterocycles. The Labute approximate surface area is 240 Å². The van der Waals surface area contributed by atoms with Gasteiger partial charge in [-0.3, -0.25) is 14.6 Å². The molecule has 216 valence electrons. The summed E-state index contributed by atoms with van der Waals surface area (Å²) in [6.45, 7) is 7.97. The second-order valence-electron chi connectivity index (χ2n) is 10.5. The molecule has 3 heterocycles. The summed E-state index contributed by atoms with van der Waals surface area (Å²) in [6, 6.07) is 10.1. The number of fused-ring (bicyclic) bond motifs is 1. The summed E-state index contributed by atoms with van der Waals surface area (Å²) >= 11 is 0. The maximum absolute atomic E-state index is 13.5. The largest absolute Gasteiger partial charge is 0.507 e. The van der Waals surface area contributed by atoms with Gasteiger partial charge in [-0.1, -0.05) is 19.4 Å². The van der Waals surface area contributed by atoms with Crippen LogP contribution in [0.25, 0.3) is 5.76 Å². The number of Topliss-reactive ketones (excluding diaryl/α,β-unsaturated/α-hetero) is 1. The number of hydrogen-bond donors (Lipinski definition) is 2. The quantitative estimate of drug-likeness (QED) is 0.109. The van der Waals surface area contributed by atoms with E-state index in [4.69, 9.17) is 14.2 Å². The number of nitrogens with zero attached hydrogens (tertiary/aromatic N) is 2. The van der Waals surface area contributed by atoms with E-state index in [2.05, 4.69) is 11.9 Å². The van der Waals surface area contributed by atoms with Crippen LogP contribution in [0.15, 0.2) is 60.7 Å². The topological polar surface area (TPSA) is 105 Å². The van der Waals surface area contributed by atoms with E-state index in [1.54, 1.807) is 11.0 Å². The molecule has 2 aliphatic heterocycles. The monoisotopic (exact) mass is 560 g/mol. The molecule has 2 atom stereocenters. The molecule has 2 aliphatic rings. The Morgan fingerprint density at radius 1 is 1.12 bits per heavy atom. The maximum atomic E-state index is 13.5. The predicted molar refractivity (Wildman–Crippen MR) is 153 cm³/mol. The summed E-state index contributed by atoms with van der Waals surface area (Å²) in [5.41, 5.74) is 2.18. The number of aryl methyl sites for hydroxylation is 1. The van der Waals surface area contributed by atoms with Gasteiger partial charge in [-0.05, 0) is 61.7 Å². The van der Waals surface area contributed by atoms with Gasteiger partial charge in [0.05, 0.1) is 31.4 Å². The second-order valence-corrected chi connectivity index (χ2v) is 10.5. The fraction of sp³-hybridized carbons (Fsp3) is 0.406. The minimum absolute atomic E-state index is 0.0425. The lowest BCUT2D eigenvalue weighted by Gasteiger charge is -2.26. The van der Waals surface area contributed by atoms with Gasteiger partial charge in [0, 0.05) is 24.9 Å². The normalized spacial score (nSPS) is 19.3. The van der Waals surface area contributed by atoms with Crippen LogP contribution in [0, 0.1) is 0 Å². The number of unbranched alkanes of at least 4 members (excludes halogenated alkanes) is 1. The van der Waals surface area contributed by atoms with E-state index >= 15 is 0 Å². The summed E-state index contributed by atoms with van der Waals surface area (Å²) in [6.07, 6.45) is 8.88. The molecule has 9 heteroatoms. The van der Waals surface area contributed by atoms with Crippen molar-refractivity contribution in [3.63, 3.8) is 0 Å². The molecular weight excluding hydrogens is 522 g/mol. The number of carbonyl (C=O) groups is 2. The fourth-order valence-electron chi connectivity index (χ4n) is 5.47. The summed E-state index contributed by atoms with van der Waals surface area (Å²) < 4.78 is 19.7. The van der Waals surface area contributed by atoms with Gasteiger partial charge in [0.1, 0.15) is 30.0 Å². The van der Waals surface area contributed by atoms with Gasteiger partial charge in [-0.2, -0.15) is 0 Å². The molecule has 0 spiro atoms. The van der Waals surface area contributed by atoms with Crippen LogP contribution in [0.3, 0.4) is 0 Å². The van der Waals surface area contributed by atoms with Crippen molar-refractivity contribution in [3.8, 4) is 17.2 Å². The number of H-pyrrole nitrogens is 1. The van der Waals surface area contributed by atoms with Crippen molar-refractivity contribution in [2.24, 2.45) is 0 Å². The second kappa shape index (κ2) is 12.5. The first kappa shape index (κ1) is 28.3. The Morgan fingerprint density at radius 3 is 2.73 bits per heavy atom. The van der Waals surface area contributed by atoms with Crippen molar-refractivity contribution >= 4 is 17.4 Å². The molecule has 9 nitrogen and oxygen atoms in total. The molecule has 1 saturated heterocycles. The van der Waals surface area contributed by atoms with Gasteiger partial charge in [-0.25, -0.2) is 4.57 Å². The molecule has 0 radical (unpaired) electrons. The molecular formula is C32H38N3O6+. The van der Waals surface area contributed by atoms with Crippen LogP contribution in [0.2, 0.25) is 0 Å². The third-order valence-corrected chi connectivity index (χ3v) is 7.47. The number of amides is 1. The molecule has 0 bridgehead atoms. The Bertz CT molecular complexity index is 1430. The Hall–Kier alpha value is -4.27. The molecule has 0 saturated carbocycles. The number of benzene rings is 2.